The molecule has 3 rings (SSSR count). The van der Waals surface area contributed by atoms with E-state index in [0.717, 1.165) is 6.54 Å². The predicted molar refractivity (Wildman–Crippen MR) is 72.6 cm³/mol. The Kier molecular flexibility index (Phi) is 3.32. The van der Waals surface area contributed by atoms with Gasteiger partial charge in [-0.05, 0) is 62.9 Å². The van der Waals surface area contributed by atoms with Crippen LogP contribution in [0.3, 0.4) is 0 Å². The first-order valence-corrected chi connectivity index (χ1v) is 7.00. The van der Waals surface area contributed by atoms with Crippen LogP contribution in [0.25, 0.3) is 0 Å². The standard InChI is InChI=1S/C15H22N2/c1-2-11-17(10-1)12-4-7-13-5-3-6-14-8-9-16-15(13)14/h3,5-6,16H,1-2,4,7-12H2. The predicted octanol–water partition coefficient (Wildman–Crippen LogP) is 2.68. The molecule has 2 heterocycles. The van der Waals surface area contributed by atoms with Crippen molar-refractivity contribution >= 4 is 5.69 Å². The quantitative estimate of drug-likeness (QED) is 0.855. The van der Waals surface area contributed by atoms with Crippen molar-refractivity contribution in [1.82, 2.24) is 4.90 Å². The van der Waals surface area contributed by atoms with Crippen molar-refractivity contribution in [3.8, 4) is 0 Å². The van der Waals surface area contributed by atoms with Gasteiger partial charge >= 0.3 is 0 Å². The first kappa shape index (κ1) is 11.1. The van der Waals surface area contributed by atoms with Gasteiger partial charge in [-0.15, -0.1) is 0 Å². The summed E-state index contributed by atoms with van der Waals surface area (Å²) >= 11 is 0. The van der Waals surface area contributed by atoms with Gasteiger partial charge in [0.05, 0.1) is 0 Å². The van der Waals surface area contributed by atoms with Crippen molar-refractivity contribution in [3.63, 3.8) is 0 Å². The molecule has 1 N–H and O–H groups in total. The summed E-state index contributed by atoms with van der Waals surface area (Å²) in [5.41, 5.74) is 4.48. The van der Waals surface area contributed by atoms with Crippen molar-refractivity contribution in [2.24, 2.45) is 0 Å². The molecule has 2 aliphatic heterocycles. The zero-order chi connectivity index (χ0) is 11.5. The largest absolute Gasteiger partial charge is 0.384 e. The van der Waals surface area contributed by atoms with E-state index in [9.17, 15) is 0 Å². The van der Waals surface area contributed by atoms with E-state index in [1.807, 2.05) is 0 Å². The Bertz CT molecular complexity index is 381. The lowest BCUT2D eigenvalue weighted by Crippen LogP contribution is -2.20. The maximum atomic E-state index is 3.53. The lowest BCUT2D eigenvalue weighted by Gasteiger charge is -2.15. The van der Waals surface area contributed by atoms with E-state index in [4.69, 9.17) is 0 Å². The number of benzene rings is 1. The second-order valence-electron chi connectivity index (χ2n) is 5.28. The molecule has 2 aliphatic rings. The van der Waals surface area contributed by atoms with Gasteiger partial charge in [0.2, 0.25) is 0 Å². The average Bonchev–Trinajstić information content (AvgIpc) is 2.99. The van der Waals surface area contributed by atoms with E-state index < -0.39 is 0 Å². The van der Waals surface area contributed by atoms with E-state index >= 15 is 0 Å². The maximum absolute atomic E-state index is 3.53. The van der Waals surface area contributed by atoms with Gasteiger partial charge in [0.1, 0.15) is 0 Å². The molecule has 92 valence electrons. The van der Waals surface area contributed by atoms with Crippen molar-refractivity contribution in [1.29, 1.82) is 0 Å². The Labute approximate surface area is 104 Å². The Morgan fingerprint density at radius 2 is 2.06 bits per heavy atom. The lowest BCUT2D eigenvalue weighted by molar-refractivity contribution is 0.334. The van der Waals surface area contributed by atoms with Crippen molar-refractivity contribution in [3.05, 3.63) is 29.3 Å². The Morgan fingerprint density at radius 3 is 2.94 bits per heavy atom. The number of nitrogens with one attached hydrogen (secondary N) is 1. The van der Waals surface area contributed by atoms with Crippen LogP contribution in [0.4, 0.5) is 5.69 Å². The third kappa shape index (κ3) is 2.47. The van der Waals surface area contributed by atoms with Crippen LogP contribution in [0.15, 0.2) is 18.2 Å². The summed E-state index contributed by atoms with van der Waals surface area (Å²) in [6, 6.07) is 6.78. The molecule has 1 fully saturated rings. The number of hydrogen-bond acceptors (Lipinski definition) is 2. The molecule has 0 unspecified atom stereocenters. The van der Waals surface area contributed by atoms with Gasteiger partial charge in [0.15, 0.2) is 0 Å². The number of rotatable bonds is 4. The summed E-state index contributed by atoms with van der Waals surface area (Å²) in [6.07, 6.45) is 6.55. The molecule has 1 aromatic rings. The topological polar surface area (TPSA) is 15.3 Å². The Morgan fingerprint density at radius 1 is 1.18 bits per heavy atom. The van der Waals surface area contributed by atoms with E-state index in [0.29, 0.717) is 0 Å². The number of nitrogens with zero attached hydrogens (tertiary/aromatic N) is 1. The Balaban J connectivity index is 1.56. The van der Waals surface area contributed by atoms with Crippen LogP contribution >= 0.6 is 0 Å². The first-order valence-electron chi connectivity index (χ1n) is 7.00. The molecule has 0 aliphatic carbocycles. The molecule has 17 heavy (non-hydrogen) atoms. The zero-order valence-corrected chi connectivity index (χ0v) is 10.5. The molecule has 0 amide bonds. The minimum absolute atomic E-state index is 1.12. The first-order chi connectivity index (χ1) is 8.43. The average molecular weight is 230 g/mol. The third-order valence-corrected chi connectivity index (χ3v) is 4.05. The van der Waals surface area contributed by atoms with Crippen LogP contribution in [0.1, 0.15) is 30.4 Å². The lowest BCUT2D eigenvalue weighted by atomic mass is 10.0. The maximum Gasteiger partial charge on any atom is 0.0406 e. The molecular formula is C15H22N2. The fourth-order valence-electron chi connectivity index (χ4n) is 3.12. The number of hydrogen-bond donors (Lipinski definition) is 1. The molecule has 0 radical (unpaired) electrons. The van der Waals surface area contributed by atoms with E-state index in [1.165, 1.54) is 68.6 Å². The summed E-state index contributed by atoms with van der Waals surface area (Å²) in [7, 11) is 0. The van der Waals surface area contributed by atoms with Gasteiger partial charge in [-0.1, -0.05) is 18.2 Å². The molecule has 0 saturated carbocycles. The van der Waals surface area contributed by atoms with Crippen LogP contribution in [0, 0.1) is 0 Å². The monoisotopic (exact) mass is 230 g/mol. The van der Waals surface area contributed by atoms with Crippen LogP contribution in [0.2, 0.25) is 0 Å². The third-order valence-electron chi connectivity index (χ3n) is 4.05. The fraction of sp³-hybridized carbons (Fsp3) is 0.600. The minimum Gasteiger partial charge on any atom is -0.384 e. The number of para-hydroxylation sites is 1. The SMILES string of the molecule is c1cc(CCCN2CCCC2)c2c(c1)CCN2. The zero-order valence-electron chi connectivity index (χ0n) is 10.5. The number of anilines is 1. The van der Waals surface area contributed by atoms with Crippen LogP contribution in [0.5, 0.6) is 0 Å². The van der Waals surface area contributed by atoms with Crippen LogP contribution < -0.4 is 5.32 Å². The summed E-state index contributed by atoms with van der Waals surface area (Å²) in [5.74, 6) is 0. The van der Waals surface area contributed by atoms with Crippen molar-refractivity contribution in [2.45, 2.75) is 32.1 Å². The minimum atomic E-state index is 1.12. The van der Waals surface area contributed by atoms with E-state index in [-0.39, 0.29) is 0 Å². The second-order valence-corrected chi connectivity index (χ2v) is 5.28. The Hall–Kier alpha value is -1.02. The fourth-order valence-corrected chi connectivity index (χ4v) is 3.12. The number of likely N-dealkylation sites (tertiary alicyclic amines) is 1. The highest BCUT2D eigenvalue weighted by Crippen LogP contribution is 2.27. The van der Waals surface area contributed by atoms with Crippen LogP contribution in [-0.4, -0.2) is 31.1 Å². The van der Waals surface area contributed by atoms with Crippen LogP contribution in [-0.2, 0) is 12.8 Å². The molecule has 0 bridgehead atoms. The van der Waals surface area contributed by atoms with Gasteiger partial charge in [0.25, 0.3) is 0 Å². The molecule has 1 saturated heterocycles. The highest BCUT2D eigenvalue weighted by molar-refractivity contribution is 5.61. The summed E-state index contributed by atoms with van der Waals surface area (Å²) in [4.78, 5) is 2.61. The summed E-state index contributed by atoms with van der Waals surface area (Å²) in [6.45, 7) is 5.05. The van der Waals surface area contributed by atoms with Gasteiger partial charge in [-0.25, -0.2) is 0 Å². The highest BCUT2D eigenvalue weighted by Gasteiger charge is 2.14. The summed E-state index contributed by atoms with van der Waals surface area (Å²) < 4.78 is 0. The molecule has 0 aromatic heterocycles. The van der Waals surface area contributed by atoms with E-state index in [2.05, 4.69) is 28.4 Å². The molecular weight excluding hydrogens is 208 g/mol. The smallest absolute Gasteiger partial charge is 0.0406 e. The number of aryl methyl sites for hydroxylation is 1. The van der Waals surface area contributed by atoms with Crippen molar-refractivity contribution in [2.75, 3.05) is 31.5 Å². The normalized spacial score (nSPS) is 19.3. The molecule has 0 atom stereocenters. The summed E-state index contributed by atoms with van der Waals surface area (Å²) in [5, 5.41) is 3.53. The van der Waals surface area contributed by atoms with Crippen molar-refractivity contribution < 1.29 is 0 Å². The second kappa shape index (κ2) is 5.09. The highest BCUT2D eigenvalue weighted by atomic mass is 15.1. The van der Waals surface area contributed by atoms with Gasteiger partial charge in [-0.2, -0.15) is 0 Å². The van der Waals surface area contributed by atoms with Gasteiger partial charge in [0, 0.05) is 12.2 Å². The number of fused-ring (bicyclic) bond motifs is 1. The van der Waals surface area contributed by atoms with Gasteiger partial charge < -0.3 is 10.2 Å². The molecule has 1 aromatic carbocycles. The molecule has 2 nitrogen and oxygen atoms in total. The molecule has 2 heteroatoms. The van der Waals surface area contributed by atoms with E-state index in [1.54, 1.807) is 0 Å². The van der Waals surface area contributed by atoms with Gasteiger partial charge in [-0.3, -0.25) is 0 Å². The molecule has 0 spiro atoms.